The van der Waals surface area contributed by atoms with Gasteiger partial charge in [-0.1, -0.05) is 23.7 Å². The van der Waals surface area contributed by atoms with Crippen LogP contribution >= 0.6 is 11.6 Å². The molecule has 0 fully saturated rings. The largest absolute Gasteiger partial charge is 0.477 e. The summed E-state index contributed by atoms with van der Waals surface area (Å²) in [5.41, 5.74) is 1.38. The molecule has 11 heteroatoms. The molecule has 10 nitrogen and oxygen atoms in total. The van der Waals surface area contributed by atoms with Crippen LogP contribution in [0.4, 0.5) is 22.7 Å². The number of nitrogens with zero attached hydrogens (tertiary/aromatic N) is 4. The van der Waals surface area contributed by atoms with E-state index in [0.717, 1.165) is 23.4 Å². The number of hydrogen-bond donors (Lipinski definition) is 1. The van der Waals surface area contributed by atoms with Crippen LogP contribution in [0.1, 0.15) is 15.9 Å². The Morgan fingerprint density at radius 2 is 1.69 bits per heavy atom. The van der Waals surface area contributed by atoms with Crippen LogP contribution in [0, 0.1) is 10.1 Å². The van der Waals surface area contributed by atoms with Gasteiger partial charge in [-0.05, 0) is 60.2 Å². The zero-order chi connectivity index (χ0) is 26.1. The summed E-state index contributed by atoms with van der Waals surface area (Å²) in [4.78, 5) is 35.2. The van der Waals surface area contributed by atoms with Crippen molar-refractivity contribution < 1.29 is 24.4 Å². The molecule has 1 N–H and O–H groups in total. The van der Waals surface area contributed by atoms with Crippen LogP contribution in [0.25, 0.3) is 6.08 Å². The first kappa shape index (κ1) is 26.0. The fraction of sp³-hybridized carbons (Fsp3) is 0.120. The van der Waals surface area contributed by atoms with E-state index in [2.05, 4.69) is 10.2 Å². The van der Waals surface area contributed by atoms with Gasteiger partial charge in [-0.15, -0.1) is 0 Å². The molecule has 0 spiro atoms. The molecule has 3 rings (SSSR count). The van der Waals surface area contributed by atoms with Crippen LogP contribution in [-0.2, 0) is 9.53 Å². The third-order valence-electron chi connectivity index (χ3n) is 4.93. The van der Waals surface area contributed by atoms with E-state index in [4.69, 9.17) is 21.4 Å². The summed E-state index contributed by atoms with van der Waals surface area (Å²) in [5.74, 6) is -1.87. The number of esters is 1. The number of halogens is 1. The maximum absolute atomic E-state index is 11.9. The highest BCUT2D eigenvalue weighted by Crippen LogP contribution is 2.26. The van der Waals surface area contributed by atoms with Gasteiger partial charge in [0.2, 0.25) is 0 Å². The standard InChI is InChI=1S/C25H21ClN4O6/c1-29(14-15-36-24(31)13-4-17-2-5-18(26)6-3-17)21-10-7-19(8-11-21)27-28-20-9-12-23(30(34)35)22(16-20)25(32)33/h2-13,16H,14-15H2,1H3,(H,32,33)/b13-4+,28-27?. The minimum absolute atomic E-state index is 0.172. The number of rotatable bonds is 10. The SMILES string of the molecule is CN(CCOC(=O)/C=C/c1ccc(Cl)cc1)c1ccc(N=Nc2ccc([N+](=O)[O-])c(C(=O)O)c2)cc1. The van der Waals surface area contributed by atoms with Gasteiger partial charge >= 0.3 is 11.9 Å². The van der Waals surface area contributed by atoms with Gasteiger partial charge in [0.25, 0.3) is 5.69 Å². The van der Waals surface area contributed by atoms with E-state index in [9.17, 15) is 19.7 Å². The maximum atomic E-state index is 11.9. The van der Waals surface area contributed by atoms with Crippen molar-refractivity contribution in [3.05, 3.63) is 99.1 Å². The van der Waals surface area contributed by atoms with E-state index in [0.29, 0.717) is 17.3 Å². The lowest BCUT2D eigenvalue weighted by Crippen LogP contribution is -2.23. The number of likely N-dealkylation sites (N-methyl/N-ethyl adjacent to an activating group) is 1. The Bertz CT molecular complexity index is 1310. The normalized spacial score (nSPS) is 11.1. The third kappa shape index (κ3) is 7.47. The van der Waals surface area contributed by atoms with Crippen LogP contribution in [0.3, 0.4) is 0 Å². The minimum Gasteiger partial charge on any atom is -0.477 e. The number of carbonyl (C=O) groups excluding carboxylic acids is 1. The number of nitro groups is 1. The van der Waals surface area contributed by atoms with Gasteiger partial charge < -0.3 is 14.7 Å². The molecule has 0 amide bonds. The number of carboxylic acid groups (broad SMARTS) is 1. The topological polar surface area (TPSA) is 135 Å². The fourth-order valence-corrected chi connectivity index (χ4v) is 3.13. The number of carbonyl (C=O) groups is 2. The molecule has 0 atom stereocenters. The highest BCUT2D eigenvalue weighted by molar-refractivity contribution is 6.30. The number of benzene rings is 3. The molecule has 0 saturated heterocycles. The fourth-order valence-electron chi connectivity index (χ4n) is 3.00. The van der Waals surface area contributed by atoms with Crippen LogP contribution in [0.5, 0.6) is 0 Å². The summed E-state index contributed by atoms with van der Waals surface area (Å²) in [6, 6.07) is 17.6. The lowest BCUT2D eigenvalue weighted by atomic mass is 10.1. The molecule has 0 aromatic heterocycles. The molecular weight excluding hydrogens is 488 g/mol. The molecular formula is C25H21ClN4O6. The Balaban J connectivity index is 1.52. The van der Waals surface area contributed by atoms with Crippen molar-refractivity contribution >= 4 is 52.4 Å². The average Bonchev–Trinajstić information content (AvgIpc) is 2.87. The first-order valence-corrected chi connectivity index (χ1v) is 11.0. The number of azo groups is 1. The molecule has 3 aromatic rings. The van der Waals surface area contributed by atoms with E-state index in [1.54, 1.807) is 54.6 Å². The lowest BCUT2D eigenvalue weighted by Gasteiger charge is -2.18. The van der Waals surface area contributed by atoms with Crippen molar-refractivity contribution in [1.29, 1.82) is 0 Å². The van der Waals surface area contributed by atoms with Gasteiger partial charge in [-0.3, -0.25) is 10.1 Å². The molecule has 0 radical (unpaired) electrons. The van der Waals surface area contributed by atoms with Gasteiger partial charge in [0, 0.05) is 29.9 Å². The van der Waals surface area contributed by atoms with Crippen LogP contribution in [0.2, 0.25) is 5.02 Å². The van der Waals surface area contributed by atoms with Crippen LogP contribution < -0.4 is 4.90 Å². The summed E-state index contributed by atoms with van der Waals surface area (Å²) in [6.45, 7) is 0.649. The Morgan fingerprint density at radius 1 is 1.06 bits per heavy atom. The van der Waals surface area contributed by atoms with E-state index in [1.807, 2.05) is 11.9 Å². The van der Waals surface area contributed by atoms with Crippen LogP contribution in [0.15, 0.2) is 83.0 Å². The van der Waals surface area contributed by atoms with E-state index < -0.39 is 28.1 Å². The van der Waals surface area contributed by atoms with Gasteiger partial charge in [-0.25, -0.2) is 9.59 Å². The summed E-state index contributed by atoms with van der Waals surface area (Å²) < 4.78 is 5.23. The quantitative estimate of drug-likeness (QED) is 0.116. The lowest BCUT2D eigenvalue weighted by molar-refractivity contribution is -0.385. The number of hydrogen-bond acceptors (Lipinski definition) is 8. The van der Waals surface area contributed by atoms with Gasteiger partial charge in [0.05, 0.1) is 22.8 Å². The monoisotopic (exact) mass is 508 g/mol. The Labute approximate surface area is 211 Å². The number of anilines is 1. The zero-order valence-corrected chi connectivity index (χ0v) is 19.8. The third-order valence-corrected chi connectivity index (χ3v) is 5.18. The number of ether oxygens (including phenoxy) is 1. The van der Waals surface area contributed by atoms with E-state index in [1.165, 1.54) is 12.1 Å². The highest BCUT2D eigenvalue weighted by Gasteiger charge is 2.19. The second-order valence-electron chi connectivity index (χ2n) is 7.45. The molecule has 0 heterocycles. The molecule has 0 bridgehead atoms. The maximum Gasteiger partial charge on any atom is 0.342 e. The second-order valence-corrected chi connectivity index (χ2v) is 7.89. The predicted molar refractivity (Wildman–Crippen MR) is 135 cm³/mol. The number of carboxylic acids is 1. The summed E-state index contributed by atoms with van der Waals surface area (Å²) >= 11 is 5.83. The second kappa shape index (κ2) is 12.2. The Hall–Kier alpha value is -4.57. The molecule has 3 aromatic carbocycles. The van der Waals surface area contributed by atoms with Crippen molar-refractivity contribution in [2.45, 2.75) is 0 Å². The van der Waals surface area contributed by atoms with Gasteiger partial charge in [0.15, 0.2) is 0 Å². The zero-order valence-electron chi connectivity index (χ0n) is 19.1. The van der Waals surface area contributed by atoms with Crippen molar-refractivity contribution in [2.75, 3.05) is 25.1 Å². The number of nitro benzene ring substituents is 1. The van der Waals surface area contributed by atoms with E-state index >= 15 is 0 Å². The van der Waals surface area contributed by atoms with Crippen molar-refractivity contribution in [3.8, 4) is 0 Å². The van der Waals surface area contributed by atoms with Crippen molar-refractivity contribution in [2.24, 2.45) is 10.2 Å². The van der Waals surface area contributed by atoms with Crippen molar-refractivity contribution in [3.63, 3.8) is 0 Å². The predicted octanol–water partition coefficient (Wildman–Crippen LogP) is 6.05. The average molecular weight is 509 g/mol. The Morgan fingerprint density at radius 3 is 2.33 bits per heavy atom. The summed E-state index contributed by atoms with van der Waals surface area (Å²) in [6.07, 6.45) is 3.00. The minimum atomic E-state index is -1.42. The summed E-state index contributed by atoms with van der Waals surface area (Å²) in [5, 5.41) is 28.7. The van der Waals surface area contributed by atoms with Gasteiger partial charge in [0.1, 0.15) is 12.2 Å². The van der Waals surface area contributed by atoms with Gasteiger partial charge in [-0.2, -0.15) is 10.2 Å². The molecule has 0 aliphatic carbocycles. The van der Waals surface area contributed by atoms with E-state index in [-0.39, 0.29) is 12.3 Å². The molecule has 0 unspecified atom stereocenters. The van der Waals surface area contributed by atoms with Crippen molar-refractivity contribution in [1.82, 2.24) is 0 Å². The first-order chi connectivity index (χ1) is 17.2. The molecule has 0 aliphatic heterocycles. The molecule has 36 heavy (non-hydrogen) atoms. The Kier molecular flexibility index (Phi) is 8.84. The smallest absolute Gasteiger partial charge is 0.342 e. The number of aromatic carboxylic acids is 1. The highest BCUT2D eigenvalue weighted by atomic mass is 35.5. The van der Waals surface area contributed by atoms with Crippen LogP contribution in [-0.4, -0.2) is 42.2 Å². The molecule has 0 saturated carbocycles. The molecule has 0 aliphatic rings. The summed E-state index contributed by atoms with van der Waals surface area (Å²) in [7, 11) is 1.85. The molecule has 184 valence electrons. The first-order valence-electron chi connectivity index (χ1n) is 10.6.